The lowest BCUT2D eigenvalue weighted by Crippen LogP contribution is -2.51. The highest BCUT2D eigenvalue weighted by atomic mass is 79.9. The maximum absolute atomic E-state index is 13.8. The summed E-state index contributed by atoms with van der Waals surface area (Å²) < 4.78 is 40.7. The van der Waals surface area contributed by atoms with Crippen LogP contribution in [0, 0.1) is 11.2 Å². The van der Waals surface area contributed by atoms with Gasteiger partial charge in [-0.15, -0.1) is 0 Å². The number of benzene rings is 1. The van der Waals surface area contributed by atoms with Crippen molar-refractivity contribution in [3.8, 4) is 0 Å². The number of hydrogen-bond acceptors (Lipinski definition) is 3. The molecular weight excluding hydrogens is 387 g/mol. The number of amides is 1. The van der Waals surface area contributed by atoms with Gasteiger partial charge in [0.15, 0.2) is 0 Å². The van der Waals surface area contributed by atoms with Gasteiger partial charge in [-0.3, -0.25) is 4.79 Å². The molecule has 0 aliphatic carbocycles. The van der Waals surface area contributed by atoms with Crippen molar-refractivity contribution < 1.29 is 17.6 Å². The van der Waals surface area contributed by atoms with Gasteiger partial charge in [0.2, 0.25) is 15.9 Å². The number of carbonyl (C=O) groups excluding carboxylic acids is 1. The smallest absolute Gasteiger partial charge is 0.244 e. The first-order chi connectivity index (χ1) is 9.36. The van der Waals surface area contributed by atoms with E-state index >= 15 is 0 Å². The molecule has 0 heterocycles. The fourth-order valence-corrected chi connectivity index (χ4v) is 3.73. The number of sulfonamides is 1. The molecule has 21 heavy (non-hydrogen) atoms. The summed E-state index contributed by atoms with van der Waals surface area (Å²) in [7, 11) is -4.27. The van der Waals surface area contributed by atoms with Crippen LogP contribution < -0.4 is 10.5 Å². The summed E-state index contributed by atoms with van der Waals surface area (Å²) in [6, 6.07) is 0.716. The van der Waals surface area contributed by atoms with Gasteiger partial charge in [-0.1, -0.05) is 32.4 Å². The molecule has 0 fully saturated rings. The average Bonchev–Trinajstić information content (AvgIpc) is 2.29. The SMILES string of the molecule is CC(C)(C)[C@@H](NS(=O)(=O)c1cc(Br)c(Cl)cc1F)C(N)=O. The van der Waals surface area contributed by atoms with Crippen molar-refractivity contribution in [2.24, 2.45) is 11.1 Å². The van der Waals surface area contributed by atoms with Gasteiger partial charge in [0.25, 0.3) is 0 Å². The fourth-order valence-electron chi connectivity index (χ4n) is 1.59. The second-order valence-corrected chi connectivity index (χ2v) is 8.46. The summed E-state index contributed by atoms with van der Waals surface area (Å²) in [6.45, 7) is 4.91. The van der Waals surface area contributed by atoms with Crippen LogP contribution in [0.3, 0.4) is 0 Å². The molecule has 1 rings (SSSR count). The Balaban J connectivity index is 3.30. The van der Waals surface area contributed by atoms with Crippen LogP contribution in [-0.2, 0) is 14.8 Å². The molecule has 1 aromatic rings. The van der Waals surface area contributed by atoms with Crippen LogP contribution in [0.15, 0.2) is 21.5 Å². The van der Waals surface area contributed by atoms with Gasteiger partial charge in [-0.05, 0) is 33.5 Å². The van der Waals surface area contributed by atoms with Gasteiger partial charge in [-0.25, -0.2) is 12.8 Å². The zero-order chi connectivity index (χ0) is 16.6. The topological polar surface area (TPSA) is 89.3 Å². The highest BCUT2D eigenvalue weighted by Crippen LogP contribution is 2.29. The van der Waals surface area contributed by atoms with E-state index in [1.807, 2.05) is 0 Å². The Morgan fingerprint density at radius 1 is 1.43 bits per heavy atom. The lowest BCUT2D eigenvalue weighted by atomic mass is 9.87. The zero-order valence-electron chi connectivity index (χ0n) is 11.6. The molecule has 0 unspecified atom stereocenters. The van der Waals surface area contributed by atoms with E-state index in [9.17, 15) is 17.6 Å². The zero-order valence-corrected chi connectivity index (χ0v) is 14.7. The number of rotatable bonds is 4. The van der Waals surface area contributed by atoms with Gasteiger partial charge < -0.3 is 5.73 Å². The van der Waals surface area contributed by atoms with Crippen molar-refractivity contribution in [1.82, 2.24) is 4.72 Å². The van der Waals surface area contributed by atoms with Gasteiger partial charge in [0.1, 0.15) is 16.8 Å². The van der Waals surface area contributed by atoms with Crippen molar-refractivity contribution in [2.45, 2.75) is 31.7 Å². The molecule has 0 spiro atoms. The maximum Gasteiger partial charge on any atom is 0.244 e. The van der Waals surface area contributed by atoms with Crippen molar-refractivity contribution in [3.05, 3.63) is 27.4 Å². The van der Waals surface area contributed by atoms with E-state index < -0.39 is 38.1 Å². The average molecular weight is 402 g/mol. The molecule has 0 aliphatic rings. The van der Waals surface area contributed by atoms with Gasteiger partial charge in [-0.2, -0.15) is 4.72 Å². The van der Waals surface area contributed by atoms with E-state index in [4.69, 9.17) is 17.3 Å². The number of hydrogen-bond donors (Lipinski definition) is 2. The van der Waals surface area contributed by atoms with E-state index in [2.05, 4.69) is 20.7 Å². The third-order valence-electron chi connectivity index (χ3n) is 2.69. The quantitative estimate of drug-likeness (QED) is 0.759. The van der Waals surface area contributed by atoms with E-state index in [1.54, 1.807) is 20.8 Å². The molecule has 0 saturated heterocycles. The van der Waals surface area contributed by atoms with Crippen LogP contribution >= 0.6 is 27.5 Å². The maximum atomic E-state index is 13.8. The second-order valence-electron chi connectivity index (χ2n) is 5.52. The molecule has 1 amide bonds. The molecule has 1 atom stereocenters. The first-order valence-electron chi connectivity index (χ1n) is 5.82. The minimum absolute atomic E-state index is 0.0359. The molecule has 3 N–H and O–H groups in total. The Kier molecular flexibility index (Phi) is 5.41. The molecule has 5 nitrogen and oxygen atoms in total. The minimum atomic E-state index is -4.27. The van der Waals surface area contributed by atoms with Crippen LogP contribution in [0.5, 0.6) is 0 Å². The summed E-state index contributed by atoms with van der Waals surface area (Å²) in [6.07, 6.45) is 0. The third-order valence-corrected chi connectivity index (χ3v) is 5.32. The number of halogens is 3. The summed E-state index contributed by atoms with van der Waals surface area (Å²) in [5.41, 5.74) is 4.45. The summed E-state index contributed by atoms with van der Waals surface area (Å²) in [4.78, 5) is 10.8. The number of nitrogens with two attached hydrogens (primary N) is 1. The van der Waals surface area contributed by atoms with Gasteiger partial charge in [0, 0.05) is 4.47 Å². The Morgan fingerprint density at radius 3 is 2.38 bits per heavy atom. The monoisotopic (exact) mass is 400 g/mol. The normalized spacial score (nSPS) is 14.0. The highest BCUT2D eigenvalue weighted by molar-refractivity contribution is 9.10. The van der Waals surface area contributed by atoms with Crippen LogP contribution in [0.2, 0.25) is 5.02 Å². The van der Waals surface area contributed by atoms with Crippen molar-refractivity contribution in [3.63, 3.8) is 0 Å². The Morgan fingerprint density at radius 2 is 1.95 bits per heavy atom. The van der Waals surface area contributed by atoms with E-state index in [1.165, 1.54) is 0 Å². The predicted molar refractivity (Wildman–Crippen MR) is 81.9 cm³/mol. The molecular formula is C12H15BrClFN2O3S. The molecule has 9 heteroatoms. The third kappa shape index (κ3) is 4.38. The standard InChI is InChI=1S/C12H15BrClFN2O3S/c1-12(2,3)10(11(16)18)17-21(19,20)9-4-6(13)7(14)5-8(9)15/h4-5,10,17H,1-3H3,(H2,16,18)/t10-/m0/s1. The Bertz CT molecular complexity index is 674. The molecule has 0 radical (unpaired) electrons. The van der Waals surface area contributed by atoms with Crippen LogP contribution in [-0.4, -0.2) is 20.4 Å². The first-order valence-corrected chi connectivity index (χ1v) is 8.48. The molecule has 0 bridgehead atoms. The predicted octanol–water partition coefficient (Wildman–Crippen LogP) is 2.42. The molecule has 1 aromatic carbocycles. The van der Waals surface area contributed by atoms with E-state index in [-0.39, 0.29) is 9.50 Å². The summed E-state index contributed by atoms with van der Waals surface area (Å²) in [5, 5.41) is 0.0359. The van der Waals surface area contributed by atoms with Crippen molar-refractivity contribution in [2.75, 3.05) is 0 Å². The van der Waals surface area contributed by atoms with Gasteiger partial charge >= 0.3 is 0 Å². The summed E-state index contributed by atoms with van der Waals surface area (Å²) in [5.74, 6) is -1.87. The largest absolute Gasteiger partial charge is 0.368 e. The van der Waals surface area contributed by atoms with Crippen LogP contribution in [0.4, 0.5) is 4.39 Å². The summed E-state index contributed by atoms with van der Waals surface area (Å²) >= 11 is 8.71. The number of primary amides is 1. The van der Waals surface area contributed by atoms with E-state index in [0.29, 0.717) is 0 Å². The van der Waals surface area contributed by atoms with Gasteiger partial charge in [0.05, 0.1) is 5.02 Å². The highest BCUT2D eigenvalue weighted by Gasteiger charge is 2.35. The first kappa shape index (κ1) is 18.3. The Labute approximate surface area is 136 Å². The van der Waals surface area contributed by atoms with Crippen molar-refractivity contribution >= 4 is 43.5 Å². The number of carbonyl (C=O) groups is 1. The molecule has 0 aliphatic heterocycles. The van der Waals surface area contributed by atoms with E-state index in [0.717, 1.165) is 12.1 Å². The lowest BCUT2D eigenvalue weighted by Gasteiger charge is -2.28. The number of nitrogens with one attached hydrogen (secondary N) is 1. The van der Waals surface area contributed by atoms with Crippen LogP contribution in [0.25, 0.3) is 0 Å². The minimum Gasteiger partial charge on any atom is -0.368 e. The van der Waals surface area contributed by atoms with Crippen molar-refractivity contribution in [1.29, 1.82) is 0 Å². The Hall–Kier alpha value is -0.700. The van der Waals surface area contributed by atoms with Crippen LogP contribution in [0.1, 0.15) is 20.8 Å². The second kappa shape index (κ2) is 6.20. The molecule has 0 aromatic heterocycles. The lowest BCUT2D eigenvalue weighted by molar-refractivity contribution is -0.121. The fraction of sp³-hybridized carbons (Fsp3) is 0.417. The molecule has 0 saturated carbocycles. The molecule has 118 valence electrons.